The van der Waals surface area contributed by atoms with Gasteiger partial charge in [0.15, 0.2) is 12.0 Å². The maximum Gasteiger partial charge on any atom is 0.200 e. The highest BCUT2D eigenvalue weighted by Gasteiger charge is 2.22. The quantitative estimate of drug-likeness (QED) is 0.772. The molecule has 2 heterocycles. The Morgan fingerprint density at radius 1 is 1.40 bits per heavy atom. The predicted molar refractivity (Wildman–Crippen MR) is 58.0 cm³/mol. The zero-order chi connectivity index (χ0) is 10.3. The molecular formula is C12H13NO2. The number of rotatable bonds is 1. The van der Waals surface area contributed by atoms with Crippen molar-refractivity contribution in [1.29, 1.82) is 0 Å². The first-order valence-electron chi connectivity index (χ1n) is 5.17. The van der Waals surface area contributed by atoms with Crippen LogP contribution in [-0.2, 0) is 11.2 Å². The first-order valence-corrected chi connectivity index (χ1v) is 5.17. The van der Waals surface area contributed by atoms with E-state index < -0.39 is 0 Å². The van der Waals surface area contributed by atoms with Crippen molar-refractivity contribution in [2.45, 2.75) is 19.1 Å². The molecule has 1 aromatic heterocycles. The molecule has 0 bridgehead atoms. The molecule has 1 unspecified atom stereocenters. The van der Waals surface area contributed by atoms with Crippen LogP contribution in [-0.4, -0.2) is 18.4 Å². The van der Waals surface area contributed by atoms with E-state index >= 15 is 0 Å². The Morgan fingerprint density at radius 2 is 2.27 bits per heavy atom. The number of benzene rings is 1. The summed E-state index contributed by atoms with van der Waals surface area (Å²) >= 11 is 0. The molecule has 0 amide bonds. The van der Waals surface area contributed by atoms with Crippen LogP contribution in [0.25, 0.3) is 10.9 Å². The van der Waals surface area contributed by atoms with E-state index in [9.17, 15) is 0 Å². The second-order valence-corrected chi connectivity index (χ2v) is 3.80. The molecule has 2 aromatic rings. The molecule has 1 aliphatic rings. The summed E-state index contributed by atoms with van der Waals surface area (Å²) in [7, 11) is 1.69. The maximum absolute atomic E-state index is 5.78. The van der Waals surface area contributed by atoms with Gasteiger partial charge in [0.2, 0.25) is 0 Å². The number of hydrogen-bond acceptors (Lipinski definition) is 2. The smallest absolute Gasteiger partial charge is 0.200 e. The Balaban J connectivity index is 2.14. The van der Waals surface area contributed by atoms with E-state index in [4.69, 9.17) is 9.47 Å². The van der Waals surface area contributed by atoms with Crippen molar-refractivity contribution < 1.29 is 9.47 Å². The summed E-state index contributed by atoms with van der Waals surface area (Å²) in [4.78, 5) is 3.38. The molecule has 1 aromatic carbocycles. The number of ether oxygens (including phenoxy) is 2. The highest BCUT2D eigenvalue weighted by molar-refractivity contribution is 5.87. The van der Waals surface area contributed by atoms with Gasteiger partial charge in [0.1, 0.15) is 0 Å². The zero-order valence-electron chi connectivity index (χ0n) is 8.62. The molecule has 0 saturated heterocycles. The summed E-state index contributed by atoms with van der Waals surface area (Å²) in [5, 5.41) is 1.15. The number of para-hydroxylation sites is 1. The van der Waals surface area contributed by atoms with Crippen LogP contribution in [0.3, 0.4) is 0 Å². The van der Waals surface area contributed by atoms with Gasteiger partial charge in [0.05, 0.1) is 5.69 Å². The SMILES string of the molecule is COC1CCc2[nH]c3ccccc3c2O1. The van der Waals surface area contributed by atoms with Gasteiger partial charge in [-0.1, -0.05) is 12.1 Å². The van der Waals surface area contributed by atoms with Crippen LogP contribution in [0.15, 0.2) is 24.3 Å². The number of aryl methyl sites for hydroxylation is 1. The molecule has 1 atom stereocenters. The summed E-state index contributed by atoms with van der Waals surface area (Å²) in [6.07, 6.45) is 1.80. The van der Waals surface area contributed by atoms with E-state index in [1.54, 1.807) is 7.11 Å². The first kappa shape index (κ1) is 8.80. The normalized spacial score (nSPS) is 19.9. The van der Waals surface area contributed by atoms with Gasteiger partial charge in [-0.05, 0) is 18.6 Å². The summed E-state index contributed by atoms with van der Waals surface area (Å²) in [5.41, 5.74) is 2.32. The molecule has 1 N–H and O–H groups in total. The van der Waals surface area contributed by atoms with E-state index in [0.717, 1.165) is 29.5 Å². The molecule has 1 aliphatic heterocycles. The Kier molecular flexibility index (Phi) is 1.92. The third kappa shape index (κ3) is 1.31. The highest BCUT2D eigenvalue weighted by Crippen LogP contribution is 2.35. The lowest BCUT2D eigenvalue weighted by molar-refractivity contribution is -0.0646. The van der Waals surface area contributed by atoms with Gasteiger partial charge < -0.3 is 14.5 Å². The number of aromatic nitrogens is 1. The molecule has 0 radical (unpaired) electrons. The second-order valence-electron chi connectivity index (χ2n) is 3.80. The van der Waals surface area contributed by atoms with Gasteiger partial charge >= 0.3 is 0 Å². The Labute approximate surface area is 88.0 Å². The molecule has 0 saturated carbocycles. The average molecular weight is 203 g/mol. The number of H-pyrrole nitrogens is 1. The third-order valence-electron chi connectivity index (χ3n) is 2.87. The van der Waals surface area contributed by atoms with Crippen molar-refractivity contribution in [3.05, 3.63) is 30.0 Å². The lowest BCUT2D eigenvalue weighted by Gasteiger charge is -2.22. The standard InChI is InChI=1S/C12H13NO2/c1-14-11-7-6-10-12(15-11)8-4-2-3-5-9(8)13-10/h2-5,11,13H,6-7H2,1H3. The third-order valence-corrected chi connectivity index (χ3v) is 2.87. The van der Waals surface area contributed by atoms with Gasteiger partial charge in [-0.25, -0.2) is 0 Å². The van der Waals surface area contributed by atoms with Gasteiger partial charge in [-0.2, -0.15) is 0 Å². The van der Waals surface area contributed by atoms with Gasteiger partial charge in [0.25, 0.3) is 0 Å². The van der Waals surface area contributed by atoms with E-state index in [1.165, 1.54) is 5.69 Å². The monoisotopic (exact) mass is 203 g/mol. The van der Waals surface area contributed by atoms with Crippen molar-refractivity contribution in [2.75, 3.05) is 7.11 Å². The molecule has 15 heavy (non-hydrogen) atoms. The minimum absolute atomic E-state index is 0.100. The minimum atomic E-state index is -0.100. The van der Waals surface area contributed by atoms with Crippen molar-refractivity contribution in [2.24, 2.45) is 0 Å². The Hall–Kier alpha value is -1.48. The summed E-state index contributed by atoms with van der Waals surface area (Å²) in [6, 6.07) is 8.19. The largest absolute Gasteiger partial charge is 0.462 e. The molecule has 0 fully saturated rings. The van der Waals surface area contributed by atoms with E-state index in [1.807, 2.05) is 12.1 Å². The fourth-order valence-electron chi connectivity index (χ4n) is 2.10. The molecule has 0 spiro atoms. The zero-order valence-corrected chi connectivity index (χ0v) is 8.62. The van der Waals surface area contributed by atoms with Crippen LogP contribution in [0.1, 0.15) is 12.1 Å². The topological polar surface area (TPSA) is 34.2 Å². The maximum atomic E-state index is 5.78. The molecule has 3 nitrogen and oxygen atoms in total. The lowest BCUT2D eigenvalue weighted by atomic mass is 10.1. The van der Waals surface area contributed by atoms with E-state index in [-0.39, 0.29) is 6.29 Å². The lowest BCUT2D eigenvalue weighted by Crippen LogP contribution is -2.23. The minimum Gasteiger partial charge on any atom is -0.462 e. The van der Waals surface area contributed by atoms with Crippen molar-refractivity contribution in [3.63, 3.8) is 0 Å². The fourth-order valence-corrected chi connectivity index (χ4v) is 2.10. The van der Waals surface area contributed by atoms with Gasteiger partial charge in [-0.3, -0.25) is 0 Å². The van der Waals surface area contributed by atoms with Crippen LogP contribution >= 0.6 is 0 Å². The average Bonchev–Trinajstić information content (AvgIpc) is 2.66. The molecule has 3 rings (SSSR count). The summed E-state index contributed by atoms with van der Waals surface area (Å²) < 4.78 is 11.0. The van der Waals surface area contributed by atoms with Crippen LogP contribution in [0, 0.1) is 0 Å². The molecule has 78 valence electrons. The van der Waals surface area contributed by atoms with Crippen molar-refractivity contribution in [1.82, 2.24) is 4.98 Å². The Bertz CT molecular complexity index is 489. The number of nitrogens with one attached hydrogen (secondary N) is 1. The second kappa shape index (κ2) is 3.28. The number of fused-ring (bicyclic) bond motifs is 3. The van der Waals surface area contributed by atoms with Crippen molar-refractivity contribution in [3.8, 4) is 5.75 Å². The molecule has 3 heteroatoms. The van der Waals surface area contributed by atoms with Crippen LogP contribution in [0.5, 0.6) is 5.75 Å². The van der Waals surface area contributed by atoms with E-state index in [0.29, 0.717) is 0 Å². The van der Waals surface area contributed by atoms with E-state index in [2.05, 4.69) is 17.1 Å². The molecular weight excluding hydrogens is 190 g/mol. The fraction of sp³-hybridized carbons (Fsp3) is 0.333. The van der Waals surface area contributed by atoms with Crippen LogP contribution in [0.4, 0.5) is 0 Å². The number of aromatic amines is 1. The highest BCUT2D eigenvalue weighted by atomic mass is 16.7. The summed E-state index contributed by atoms with van der Waals surface area (Å²) in [5.74, 6) is 0.962. The van der Waals surface area contributed by atoms with Gasteiger partial charge in [-0.15, -0.1) is 0 Å². The number of methoxy groups -OCH3 is 1. The van der Waals surface area contributed by atoms with Crippen LogP contribution in [0.2, 0.25) is 0 Å². The van der Waals surface area contributed by atoms with Gasteiger partial charge in [0, 0.05) is 24.4 Å². The Morgan fingerprint density at radius 3 is 3.13 bits per heavy atom. The van der Waals surface area contributed by atoms with Crippen LogP contribution < -0.4 is 4.74 Å². The number of hydrogen-bond donors (Lipinski definition) is 1. The molecule has 0 aliphatic carbocycles. The first-order chi connectivity index (χ1) is 7.38. The van der Waals surface area contributed by atoms with Crippen molar-refractivity contribution >= 4 is 10.9 Å². The summed E-state index contributed by atoms with van der Waals surface area (Å²) in [6.45, 7) is 0. The predicted octanol–water partition coefficient (Wildman–Crippen LogP) is 2.47.